The van der Waals surface area contributed by atoms with Crippen molar-refractivity contribution in [2.45, 2.75) is 18.8 Å². The first-order chi connectivity index (χ1) is 7.84. The van der Waals surface area contributed by atoms with Gasteiger partial charge in [-0.3, -0.25) is 0 Å². The molecule has 0 aromatic carbocycles. The molecule has 0 bridgehead atoms. The molecule has 0 amide bonds. The molecule has 4 rings (SSSR count). The Morgan fingerprint density at radius 3 is 3.12 bits per heavy atom. The number of rotatable bonds is 1. The molecule has 0 atom stereocenters. The van der Waals surface area contributed by atoms with Crippen molar-refractivity contribution < 1.29 is 0 Å². The number of thiophene rings is 1. The summed E-state index contributed by atoms with van der Waals surface area (Å²) in [6.07, 6.45) is 4.44. The summed E-state index contributed by atoms with van der Waals surface area (Å²) in [5.74, 6) is 0.654. The van der Waals surface area contributed by atoms with Crippen molar-refractivity contribution in [1.82, 2.24) is 14.5 Å². The van der Waals surface area contributed by atoms with E-state index in [1.807, 2.05) is 6.33 Å². The van der Waals surface area contributed by atoms with Crippen molar-refractivity contribution in [3.05, 3.63) is 23.5 Å². The highest BCUT2D eigenvalue weighted by atomic mass is 32.1. The summed E-state index contributed by atoms with van der Waals surface area (Å²) in [6.45, 7) is 0. The highest BCUT2D eigenvalue weighted by Crippen LogP contribution is 2.43. The van der Waals surface area contributed by atoms with Crippen LogP contribution in [0.4, 0.5) is 0 Å². The number of hydrogen-bond donors (Lipinski definition) is 0. The van der Waals surface area contributed by atoms with E-state index < -0.39 is 0 Å². The molecule has 0 radical (unpaired) electrons. The molecule has 3 nitrogen and oxygen atoms in total. The largest absolute Gasteiger partial charge is 0.332 e. The van der Waals surface area contributed by atoms with E-state index in [-0.39, 0.29) is 0 Å². The molecule has 0 saturated heterocycles. The third-order valence-electron chi connectivity index (χ3n) is 3.24. The molecule has 0 spiro atoms. The van der Waals surface area contributed by atoms with Crippen LogP contribution in [0, 0.1) is 0 Å². The van der Waals surface area contributed by atoms with Crippen LogP contribution in [0.3, 0.4) is 0 Å². The lowest BCUT2D eigenvalue weighted by atomic mass is 10.2. The highest BCUT2D eigenvalue weighted by Gasteiger charge is 2.29. The van der Waals surface area contributed by atoms with Crippen molar-refractivity contribution in [1.29, 1.82) is 0 Å². The van der Waals surface area contributed by atoms with Gasteiger partial charge in [0.25, 0.3) is 0 Å². The highest BCUT2D eigenvalue weighted by molar-refractivity contribution is 7.18. The van der Waals surface area contributed by atoms with E-state index >= 15 is 0 Å². The lowest BCUT2D eigenvalue weighted by Gasteiger charge is -2.02. The van der Waals surface area contributed by atoms with Gasteiger partial charge in [0.05, 0.1) is 27.8 Å². The Morgan fingerprint density at radius 2 is 2.31 bits per heavy atom. The van der Waals surface area contributed by atoms with Crippen molar-refractivity contribution in [2.24, 2.45) is 7.05 Å². The van der Waals surface area contributed by atoms with Gasteiger partial charge < -0.3 is 4.57 Å². The van der Waals surface area contributed by atoms with E-state index in [9.17, 15) is 0 Å². The summed E-state index contributed by atoms with van der Waals surface area (Å²) in [5, 5.41) is 2.11. The van der Waals surface area contributed by atoms with Gasteiger partial charge in [0.2, 0.25) is 0 Å². The number of hydrogen-bond acceptors (Lipinski definition) is 3. The molecule has 80 valence electrons. The summed E-state index contributed by atoms with van der Waals surface area (Å²) in [5.41, 5.74) is 4.70. The Kier molecular flexibility index (Phi) is 1.54. The second kappa shape index (κ2) is 2.83. The second-order valence-corrected chi connectivity index (χ2v) is 5.38. The maximum atomic E-state index is 4.77. The zero-order chi connectivity index (χ0) is 10.7. The van der Waals surface area contributed by atoms with Crippen molar-refractivity contribution >= 4 is 32.6 Å². The zero-order valence-electron chi connectivity index (χ0n) is 8.97. The number of aryl methyl sites for hydroxylation is 1. The quantitative estimate of drug-likeness (QED) is 0.642. The van der Waals surface area contributed by atoms with E-state index in [1.54, 1.807) is 11.3 Å². The number of fused-ring (bicyclic) bond motifs is 3. The second-order valence-electron chi connectivity index (χ2n) is 4.46. The smallest absolute Gasteiger partial charge is 0.112 e. The van der Waals surface area contributed by atoms with Crippen molar-refractivity contribution in [2.75, 3.05) is 0 Å². The van der Waals surface area contributed by atoms with Crippen LogP contribution in [0.1, 0.15) is 24.5 Å². The molecule has 3 aromatic rings. The number of pyridine rings is 1. The van der Waals surface area contributed by atoms with Gasteiger partial charge in [0.1, 0.15) is 5.52 Å². The van der Waals surface area contributed by atoms with Crippen LogP contribution in [-0.2, 0) is 7.05 Å². The Hall–Kier alpha value is -1.42. The minimum Gasteiger partial charge on any atom is -0.332 e. The van der Waals surface area contributed by atoms with Gasteiger partial charge >= 0.3 is 0 Å². The Morgan fingerprint density at radius 1 is 1.44 bits per heavy atom. The molecular formula is C12H11N3S. The fourth-order valence-corrected chi connectivity index (χ4v) is 3.20. The van der Waals surface area contributed by atoms with Crippen LogP contribution >= 0.6 is 11.3 Å². The molecule has 4 heteroatoms. The average molecular weight is 229 g/mol. The fourth-order valence-electron chi connectivity index (χ4n) is 2.28. The molecule has 0 aliphatic heterocycles. The monoisotopic (exact) mass is 229 g/mol. The van der Waals surface area contributed by atoms with E-state index in [2.05, 4.69) is 28.0 Å². The SMILES string of the molecule is Cn1cnc2c(C3CC3)nc3ccsc3c21. The third kappa shape index (κ3) is 1.02. The lowest BCUT2D eigenvalue weighted by Crippen LogP contribution is -1.91. The minimum absolute atomic E-state index is 0.654. The number of nitrogens with zero attached hydrogens (tertiary/aromatic N) is 3. The number of imidazole rings is 1. The Labute approximate surface area is 96.7 Å². The molecule has 1 fully saturated rings. The molecule has 1 aliphatic rings. The first-order valence-corrected chi connectivity index (χ1v) is 6.40. The van der Waals surface area contributed by atoms with Gasteiger partial charge in [-0.1, -0.05) is 0 Å². The molecule has 0 N–H and O–H groups in total. The summed E-state index contributed by atoms with van der Waals surface area (Å²) in [4.78, 5) is 9.29. The Balaban J connectivity index is 2.25. The standard InChI is InChI=1S/C12H11N3S/c1-15-6-13-10-9(7-2-3-7)14-8-4-5-16-12(8)11(10)15/h4-7H,2-3H2,1H3. The molecule has 3 heterocycles. The molecule has 0 unspecified atom stereocenters. The van der Waals surface area contributed by atoms with Gasteiger partial charge in [-0.15, -0.1) is 11.3 Å². The van der Waals surface area contributed by atoms with Gasteiger partial charge in [0, 0.05) is 13.0 Å². The molecular weight excluding hydrogens is 218 g/mol. The fraction of sp³-hybridized carbons (Fsp3) is 0.333. The maximum absolute atomic E-state index is 4.77. The minimum atomic E-state index is 0.654. The first-order valence-electron chi connectivity index (χ1n) is 5.53. The lowest BCUT2D eigenvalue weighted by molar-refractivity contribution is 0.951. The summed E-state index contributed by atoms with van der Waals surface area (Å²) < 4.78 is 3.38. The third-order valence-corrected chi connectivity index (χ3v) is 4.15. The van der Waals surface area contributed by atoms with Gasteiger partial charge in [-0.05, 0) is 24.3 Å². The first kappa shape index (κ1) is 8.70. The summed E-state index contributed by atoms with van der Waals surface area (Å²) in [6, 6.07) is 2.11. The normalized spacial score (nSPS) is 16.3. The van der Waals surface area contributed by atoms with Gasteiger partial charge in [0.15, 0.2) is 0 Å². The van der Waals surface area contributed by atoms with Crippen molar-refractivity contribution in [3.8, 4) is 0 Å². The average Bonchev–Trinajstić information content (AvgIpc) is 2.90. The predicted molar refractivity (Wildman–Crippen MR) is 65.9 cm³/mol. The zero-order valence-corrected chi connectivity index (χ0v) is 9.79. The number of aromatic nitrogens is 3. The van der Waals surface area contributed by atoms with Crippen LogP contribution in [-0.4, -0.2) is 14.5 Å². The van der Waals surface area contributed by atoms with E-state index in [0.29, 0.717) is 5.92 Å². The van der Waals surface area contributed by atoms with Crippen LogP contribution < -0.4 is 0 Å². The van der Waals surface area contributed by atoms with Crippen molar-refractivity contribution in [3.63, 3.8) is 0 Å². The molecule has 1 aliphatic carbocycles. The summed E-state index contributed by atoms with van der Waals surface area (Å²) >= 11 is 1.75. The van der Waals surface area contributed by atoms with E-state index in [1.165, 1.54) is 28.8 Å². The van der Waals surface area contributed by atoms with E-state index in [4.69, 9.17) is 4.98 Å². The van der Waals surface area contributed by atoms with Crippen LogP contribution in [0.25, 0.3) is 21.3 Å². The maximum Gasteiger partial charge on any atom is 0.112 e. The van der Waals surface area contributed by atoms with E-state index in [0.717, 1.165) is 11.0 Å². The predicted octanol–water partition coefficient (Wildman–Crippen LogP) is 3.06. The molecule has 1 saturated carbocycles. The Bertz CT molecular complexity index is 691. The molecule has 16 heavy (non-hydrogen) atoms. The van der Waals surface area contributed by atoms with Gasteiger partial charge in [-0.2, -0.15) is 0 Å². The van der Waals surface area contributed by atoms with Crippen LogP contribution in [0.5, 0.6) is 0 Å². The topological polar surface area (TPSA) is 30.7 Å². The summed E-state index contributed by atoms with van der Waals surface area (Å²) in [7, 11) is 2.06. The van der Waals surface area contributed by atoms with Gasteiger partial charge in [-0.25, -0.2) is 9.97 Å². The molecule has 3 aromatic heterocycles. The van der Waals surface area contributed by atoms with Crippen LogP contribution in [0.15, 0.2) is 17.8 Å². The van der Waals surface area contributed by atoms with Crippen LogP contribution in [0.2, 0.25) is 0 Å².